The van der Waals surface area contributed by atoms with Crippen molar-refractivity contribution in [2.45, 2.75) is 26.4 Å². The zero-order valence-corrected chi connectivity index (χ0v) is 23.4. The summed E-state index contributed by atoms with van der Waals surface area (Å²) >= 11 is 0. The Morgan fingerprint density at radius 1 is 1.02 bits per heavy atom. The summed E-state index contributed by atoms with van der Waals surface area (Å²) in [5.41, 5.74) is 6.87. The third-order valence-electron chi connectivity index (χ3n) is 8.00. The number of anilines is 2. The average Bonchev–Trinajstić information content (AvgIpc) is 3.45. The number of aryl methyl sites for hydroxylation is 1. The number of benzene rings is 2. The van der Waals surface area contributed by atoms with Gasteiger partial charge in [-0.2, -0.15) is 15.1 Å². The Kier molecular flexibility index (Phi) is 7.21. The fourth-order valence-electron chi connectivity index (χ4n) is 5.88. The molecule has 1 fully saturated rings. The number of rotatable bonds is 7. The quantitative estimate of drug-likeness (QED) is 0.260. The first kappa shape index (κ1) is 26.0. The van der Waals surface area contributed by atoms with Crippen LogP contribution in [0.5, 0.6) is 6.01 Å². The largest absolute Gasteiger partial charge is 0.467 e. The highest BCUT2D eigenvalue weighted by Crippen LogP contribution is 2.41. The van der Waals surface area contributed by atoms with Crippen LogP contribution in [0, 0.1) is 6.92 Å². The first-order valence-electron chi connectivity index (χ1n) is 13.8. The maximum Gasteiger partial charge on any atom is 0.318 e. The van der Waals surface area contributed by atoms with Crippen LogP contribution in [-0.2, 0) is 24.3 Å². The first-order chi connectivity index (χ1) is 19.6. The van der Waals surface area contributed by atoms with Crippen LogP contribution in [0.25, 0.3) is 21.9 Å². The van der Waals surface area contributed by atoms with Gasteiger partial charge in [-0.15, -0.1) is 0 Å². The molecule has 0 aliphatic carbocycles. The first-order valence-corrected chi connectivity index (χ1v) is 13.8. The molecule has 206 valence electrons. The number of ether oxygens (including phenoxy) is 1. The molecular weight excluding hydrogens is 502 g/mol. The lowest BCUT2D eigenvalue weighted by Gasteiger charge is -2.37. The van der Waals surface area contributed by atoms with Crippen LogP contribution in [0.15, 0.2) is 54.9 Å². The van der Waals surface area contributed by atoms with Crippen molar-refractivity contribution in [1.82, 2.24) is 24.6 Å². The highest BCUT2D eigenvalue weighted by Gasteiger charge is 2.29. The number of hydrogen-bond acceptors (Lipinski definition) is 8. The van der Waals surface area contributed by atoms with Gasteiger partial charge in [0.1, 0.15) is 12.1 Å². The lowest BCUT2D eigenvalue weighted by molar-refractivity contribution is -0.104. The second-order valence-corrected chi connectivity index (χ2v) is 10.6. The lowest BCUT2D eigenvalue weighted by Crippen LogP contribution is -2.45. The highest BCUT2D eigenvalue weighted by molar-refractivity contribution is 6.04. The van der Waals surface area contributed by atoms with Crippen molar-refractivity contribution in [3.8, 4) is 17.1 Å². The van der Waals surface area contributed by atoms with E-state index in [4.69, 9.17) is 14.7 Å². The minimum absolute atomic E-state index is 0.425. The molecule has 9 heteroatoms. The molecular formula is C31H35N7O2. The molecule has 0 spiro atoms. The van der Waals surface area contributed by atoms with Crippen LogP contribution in [-0.4, -0.2) is 77.8 Å². The van der Waals surface area contributed by atoms with Gasteiger partial charge in [-0.05, 0) is 37.4 Å². The van der Waals surface area contributed by atoms with Gasteiger partial charge >= 0.3 is 6.01 Å². The number of methoxy groups -OCH3 is 1. The number of allylic oxidation sites excluding steroid dienone is 2. The Hall–Kier alpha value is -4.24. The molecule has 4 heterocycles. The Morgan fingerprint density at radius 3 is 2.67 bits per heavy atom. The predicted octanol–water partition coefficient (Wildman–Crippen LogP) is 3.88. The zero-order valence-electron chi connectivity index (χ0n) is 23.4. The highest BCUT2D eigenvalue weighted by atomic mass is 16.5. The monoisotopic (exact) mass is 537 g/mol. The minimum Gasteiger partial charge on any atom is -0.467 e. The lowest BCUT2D eigenvalue weighted by atomic mass is 9.94. The molecule has 9 nitrogen and oxygen atoms in total. The summed E-state index contributed by atoms with van der Waals surface area (Å²) < 4.78 is 7.44. The fraction of sp³-hybridized carbons (Fsp3) is 0.355. The third-order valence-corrected chi connectivity index (χ3v) is 8.00. The van der Waals surface area contributed by atoms with Crippen molar-refractivity contribution in [1.29, 1.82) is 0 Å². The topological polar surface area (TPSA) is 79.6 Å². The molecule has 0 bridgehead atoms. The normalized spacial score (nSPS) is 16.1. The number of hydrogen-bond donors (Lipinski definition) is 0. The van der Waals surface area contributed by atoms with Gasteiger partial charge in [0.2, 0.25) is 0 Å². The minimum atomic E-state index is 0.425. The molecule has 0 atom stereocenters. The summed E-state index contributed by atoms with van der Waals surface area (Å²) in [6.45, 7) is 8.19. The summed E-state index contributed by atoms with van der Waals surface area (Å²) in [5, 5.41) is 7.03. The fourth-order valence-corrected chi connectivity index (χ4v) is 5.88. The average molecular weight is 538 g/mol. The van der Waals surface area contributed by atoms with Crippen LogP contribution in [0.4, 0.5) is 11.5 Å². The summed E-state index contributed by atoms with van der Waals surface area (Å²) in [5.74, 6) is 1.02. The standard InChI is InChI=1S/C31H35N7O2/c1-22-7-6-8-23-9-10-25(24-19-32-38(20-24)12-4-5-18-39)29(28(22)23)37-13-11-26-27(21-37)33-31(40-3)34-30(26)36-16-14-35(2)15-17-36/h4-10,18-20H,11-17,21H2,1-3H3/b5-4+. The number of carbonyl (C=O) groups is 1. The van der Waals surface area contributed by atoms with Crippen LogP contribution in [0.3, 0.4) is 0 Å². The van der Waals surface area contributed by atoms with Crippen molar-refractivity contribution in [2.24, 2.45) is 0 Å². The van der Waals surface area contributed by atoms with Crippen LogP contribution in [0.2, 0.25) is 0 Å². The van der Waals surface area contributed by atoms with E-state index in [0.717, 1.165) is 68.1 Å². The van der Waals surface area contributed by atoms with Crippen molar-refractivity contribution in [3.05, 3.63) is 71.7 Å². The van der Waals surface area contributed by atoms with Crippen molar-refractivity contribution in [2.75, 3.05) is 56.7 Å². The number of carbonyl (C=O) groups excluding carboxylic acids is 1. The Morgan fingerprint density at radius 2 is 1.88 bits per heavy atom. The summed E-state index contributed by atoms with van der Waals surface area (Å²) in [6.07, 6.45) is 8.92. The SMILES string of the molecule is COc1nc2c(c(N3CCN(C)CC3)n1)CCN(c1c(-c3cnn(C/C=C/C=O)c3)ccc3cccc(C)c13)C2. The van der Waals surface area contributed by atoms with E-state index in [9.17, 15) is 4.79 Å². The van der Waals surface area contributed by atoms with Gasteiger partial charge in [0.05, 0.1) is 37.8 Å². The number of fused-ring (bicyclic) bond motifs is 2. The van der Waals surface area contributed by atoms with Gasteiger partial charge in [0, 0.05) is 61.0 Å². The smallest absolute Gasteiger partial charge is 0.318 e. The van der Waals surface area contributed by atoms with Gasteiger partial charge in [-0.1, -0.05) is 36.4 Å². The predicted molar refractivity (Wildman–Crippen MR) is 158 cm³/mol. The molecule has 2 aliphatic heterocycles. The molecule has 40 heavy (non-hydrogen) atoms. The Labute approximate surface area is 234 Å². The van der Waals surface area contributed by atoms with Crippen molar-refractivity contribution >= 4 is 28.6 Å². The molecule has 2 aromatic carbocycles. The van der Waals surface area contributed by atoms with E-state index in [1.54, 1.807) is 7.11 Å². The molecule has 4 aromatic rings. The summed E-state index contributed by atoms with van der Waals surface area (Å²) in [7, 11) is 3.81. The number of likely N-dealkylation sites (N-methyl/N-ethyl adjacent to an activating group) is 1. The van der Waals surface area contributed by atoms with E-state index in [0.29, 0.717) is 19.1 Å². The zero-order chi connectivity index (χ0) is 27.6. The van der Waals surface area contributed by atoms with Crippen molar-refractivity contribution < 1.29 is 9.53 Å². The summed E-state index contributed by atoms with van der Waals surface area (Å²) in [6, 6.07) is 11.3. The van der Waals surface area contributed by atoms with Gasteiger partial charge < -0.3 is 19.4 Å². The molecule has 2 aliphatic rings. The number of aromatic nitrogens is 4. The second kappa shape index (κ2) is 11.1. The molecule has 0 radical (unpaired) electrons. The maximum absolute atomic E-state index is 10.7. The second-order valence-electron chi connectivity index (χ2n) is 10.6. The molecule has 6 rings (SSSR count). The van der Waals surface area contributed by atoms with Gasteiger partial charge in [-0.3, -0.25) is 9.48 Å². The molecule has 1 saturated heterocycles. The third kappa shape index (κ3) is 4.93. The van der Waals surface area contributed by atoms with Crippen molar-refractivity contribution in [3.63, 3.8) is 0 Å². The van der Waals surface area contributed by atoms with E-state index >= 15 is 0 Å². The van der Waals surface area contributed by atoms with Gasteiger partial charge in [0.15, 0.2) is 0 Å². The van der Waals surface area contributed by atoms with Crippen LogP contribution < -0.4 is 14.5 Å². The summed E-state index contributed by atoms with van der Waals surface area (Å²) in [4.78, 5) is 27.6. The maximum atomic E-state index is 10.7. The van der Waals surface area contributed by atoms with E-state index < -0.39 is 0 Å². The van der Waals surface area contributed by atoms with E-state index in [2.05, 4.69) is 64.1 Å². The van der Waals surface area contributed by atoms with Crippen LogP contribution in [0.1, 0.15) is 16.8 Å². The number of nitrogens with zero attached hydrogens (tertiary/aromatic N) is 7. The van der Waals surface area contributed by atoms with Gasteiger partial charge in [-0.25, -0.2) is 0 Å². The Bertz CT molecular complexity index is 1570. The molecule has 0 amide bonds. The number of piperazine rings is 1. The molecule has 2 aromatic heterocycles. The molecule has 0 saturated carbocycles. The number of aldehydes is 1. The Balaban J connectivity index is 1.42. The van der Waals surface area contributed by atoms with E-state index in [1.807, 2.05) is 23.2 Å². The van der Waals surface area contributed by atoms with Crippen LogP contribution >= 0.6 is 0 Å². The van der Waals surface area contributed by atoms with E-state index in [1.165, 1.54) is 33.7 Å². The molecule has 0 unspecified atom stereocenters. The van der Waals surface area contributed by atoms with E-state index in [-0.39, 0.29) is 0 Å². The molecule has 0 N–H and O–H groups in total. The van der Waals surface area contributed by atoms with Gasteiger partial charge in [0.25, 0.3) is 0 Å².